The Kier molecular flexibility index (Phi) is 4.98. The number of hydrogen-bond acceptors (Lipinski definition) is 3. The van der Waals surface area contributed by atoms with Crippen molar-refractivity contribution in [3.63, 3.8) is 0 Å². The summed E-state index contributed by atoms with van der Waals surface area (Å²) in [5, 5.41) is 8.66. The van der Waals surface area contributed by atoms with Gasteiger partial charge in [0.2, 0.25) is 0 Å². The largest absolute Gasteiger partial charge is 0.497 e. The van der Waals surface area contributed by atoms with Crippen LogP contribution in [-0.4, -0.2) is 23.4 Å². The Morgan fingerprint density at radius 3 is 2.23 bits per heavy atom. The second-order valence-electron chi connectivity index (χ2n) is 7.61. The summed E-state index contributed by atoms with van der Waals surface area (Å²) in [7, 11) is 1.69. The number of fused-ring (bicyclic) bond motifs is 1. The minimum atomic E-state index is 0.849. The molecule has 30 heavy (non-hydrogen) atoms. The van der Waals surface area contributed by atoms with E-state index >= 15 is 0 Å². The lowest BCUT2D eigenvalue weighted by Crippen LogP contribution is -2.07. The molecule has 0 saturated carbocycles. The Balaban J connectivity index is 1.57. The number of nitrogens with zero attached hydrogens (tertiary/aromatic N) is 2. The number of ether oxygens (including phenoxy) is 1. The summed E-state index contributed by atoms with van der Waals surface area (Å²) < 4.78 is 7.36. The lowest BCUT2D eigenvalue weighted by atomic mass is 10.00. The van der Waals surface area contributed by atoms with Crippen molar-refractivity contribution >= 4 is 5.82 Å². The molecule has 1 N–H and O–H groups in total. The van der Waals surface area contributed by atoms with Crippen molar-refractivity contribution in [2.45, 2.75) is 19.3 Å². The molecule has 4 heteroatoms. The second-order valence-corrected chi connectivity index (χ2v) is 7.61. The van der Waals surface area contributed by atoms with Crippen molar-refractivity contribution in [3.05, 3.63) is 84.4 Å². The van der Waals surface area contributed by atoms with Crippen LogP contribution < -0.4 is 10.1 Å². The van der Waals surface area contributed by atoms with Crippen LogP contribution in [0.2, 0.25) is 0 Å². The van der Waals surface area contributed by atoms with Gasteiger partial charge in [0, 0.05) is 17.7 Å². The van der Waals surface area contributed by atoms with E-state index in [0.29, 0.717) is 0 Å². The molecule has 4 aromatic rings. The van der Waals surface area contributed by atoms with Gasteiger partial charge in [-0.25, -0.2) is 4.68 Å². The molecule has 1 aromatic heterocycles. The van der Waals surface area contributed by atoms with Gasteiger partial charge in [-0.15, -0.1) is 0 Å². The number of rotatable bonds is 4. The number of hydrogen-bond donors (Lipinski definition) is 1. The third-order valence-electron chi connectivity index (χ3n) is 5.71. The van der Waals surface area contributed by atoms with Crippen LogP contribution in [0.15, 0.2) is 78.9 Å². The van der Waals surface area contributed by atoms with Crippen molar-refractivity contribution in [1.29, 1.82) is 0 Å². The average Bonchev–Trinajstić information content (AvgIpc) is 3.00. The van der Waals surface area contributed by atoms with Gasteiger partial charge >= 0.3 is 0 Å². The van der Waals surface area contributed by atoms with Crippen molar-refractivity contribution < 1.29 is 4.74 Å². The zero-order valence-corrected chi connectivity index (χ0v) is 17.1. The first-order valence-electron chi connectivity index (χ1n) is 10.5. The van der Waals surface area contributed by atoms with Crippen LogP contribution in [-0.2, 0) is 6.42 Å². The van der Waals surface area contributed by atoms with Crippen LogP contribution in [0.3, 0.4) is 0 Å². The molecule has 0 saturated heterocycles. The van der Waals surface area contributed by atoms with E-state index in [1.165, 1.54) is 29.5 Å². The summed E-state index contributed by atoms with van der Waals surface area (Å²) in [5.74, 6) is 1.96. The van der Waals surface area contributed by atoms with E-state index in [2.05, 4.69) is 66.0 Å². The van der Waals surface area contributed by atoms with Crippen LogP contribution in [0.4, 0.5) is 5.82 Å². The first-order chi connectivity index (χ1) is 14.8. The lowest BCUT2D eigenvalue weighted by Gasteiger charge is -2.09. The van der Waals surface area contributed by atoms with Gasteiger partial charge in [-0.1, -0.05) is 54.6 Å². The third kappa shape index (κ3) is 3.45. The molecular weight excluding hydrogens is 370 g/mol. The van der Waals surface area contributed by atoms with E-state index in [-0.39, 0.29) is 0 Å². The topological polar surface area (TPSA) is 39.1 Å². The van der Waals surface area contributed by atoms with Crippen LogP contribution in [0.1, 0.15) is 18.4 Å². The molecule has 5 rings (SSSR count). The Bertz CT molecular complexity index is 1130. The molecular formula is C26H25N3O. The zero-order chi connectivity index (χ0) is 20.3. The summed E-state index contributed by atoms with van der Waals surface area (Å²) in [6.07, 6.45) is 3.38. The van der Waals surface area contributed by atoms with Gasteiger partial charge in [0.15, 0.2) is 0 Å². The molecule has 0 radical (unpaired) electrons. The second kappa shape index (κ2) is 8.07. The zero-order valence-electron chi connectivity index (χ0n) is 17.1. The lowest BCUT2D eigenvalue weighted by molar-refractivity contribution is 0.414. The molecule has 1 aliphatic rings. The van der Waals surface area contributed by atoms with Crippen molar-refractivity contribution in [3.8, 4) is 33.8 Å². The molecule has 0 aliphatic carbocycles. The summed E-state index contributed by atoms with van der Waals surface area (Å²) in [6.45, 7) is 0.973. The van der Waals surface area contributed by atoms with Gasteiger partial charge in [0.25, 0.3) is 0 Å². The minimum absolute atomic E-state index is 0.849. The Morgan fingerprint density at radius 2 is 1.50 bits per heavy atom. The SMILES string of the molecule is COc1ccc(-n2nc(-c3ccc(-c4ccccc4)cc3)c3c2NCCCC3)cc1. The fourth-order valence-corrected chi connectivity index (χ4v) is 4.10. The van der Waals surface area contributed by atoms with E-state index in [4.69, 9.17) is 9.84 Å². The highest BCUT2D eigenvalue weighted by Crippen LogP contribution is 2.35. The van der Waals surface area contributed by atoms with E-state index in [1.54, 1.807) is 7.11 Å². The maximum atomic E-state index is 5.31. The summed E-state index contributed by atoms with van der Waals surface area (Å²) >= 11 is 0. The number of anilines is 1. The molecule has 2 heterocycles. The fraction of sp³-hybridized carbons (Fsp3) is 0.192. The van der Waals surface area contributed by atoms with Crippen molar-refractivity contribution in [1.82, 2.24) is 9.78 Å². The van der Waals surface area contributed by atoms with Gasteiger partial charge in [-0.3, -0.25) is 0 Å². The standard InChI is InChI=1S/C26H25N3O/c1-30-23-16-14-22(15-17-23)29-26-24(9-5-6-18-27-26)25(28-29)21-12-10-20(11-13-21)19-7-3-2-4-8-19/h2-4,7-8,10-17,27H,5-6,9,18H2,1H3. The Hall–Kier alpha value is -3.53. The van der Waals surface area contributed by atoms with Gasteiger partial charge in [0.1, 0.15) is 11.6 Å². The van der Waals surface area contributed by atoms with Crippen LogP contribution in [0.25, 0.3) is 28.1 Å². The van der Waals surface area contributed by atoms with Crippen molar-refractivity contribution in [2.24, 2.45) is 0 Å². The number of methoxy groups -OCH3 is 1. The molecule has 150 valence electrons. The van der Waals surface area contributed by atoms with E-state index in [0.717, 1.165) is 41.5 Å². The van der Waals surface area contributed by atoms with E-state index in [1.807, 2.05) is 22.9 Å². The smallest absolute Gasteiger partial charge is 0.133 e. The quantitative estimate of drug-likeness (QED) is 0.463. The molecule has 0 amide bonds. The molecule has 0 fully saturated rings. The average molecular weight is 396 g/mol. The van der Waals surface area contributed by atoms with Gasteiger partial charge in [0.05, 0.1) is 18.5 Å². The normalized spacial score (nSPS) is 13.2. The molecule has 0 atom stereocenters. The highest BCUT2D eigenvalue weighted by Gasteiger charge is 2.21. The van der Waals surface area contributed by atoms with E-state index < -0.39 is 0 Å². The first-order valence-corrected chi connectivity index (χ1v) is 10.5. The van der Waals surface area contributed by atoms with Crippen molar-refractivity contribution in [2.75, 3.05) is 19.0 Å². The van der Waals surface area contributed by atoms with Crippen LogP contribution in [0.5, 0.6) is 5.75 Å². The molecule has 0 unspecified atom stereocenters. The molecule has 1 aliphatic heterocycles. The molecule has 3 aromatic carbocycles. The first kappa shape index (κ1) is 18.5. The van der Waals surface area contributed by atoms with E-state index in [9.17, 15) is 0 Å². The summed E-state index contributed by atoms with van der Waals surface area (Å²) in [5.41, 5.74) is 7.01. The predicted octanol–water partition coefficient (Wildman–Crippen LogP) is 5.96. The summed E-state index contributed by atoms with van der Waals surface area (Å²) in [4.78, 5) is 0. The fourth-order valence-electron chi connectivity index (χ4n) is 4.10. The maximum absolute atomic E-state index is 5.31. The van der Waals surface area contributed by atoms with Gasteiger partial charge in [-0.05, 0) is 54.7 Å². The number of aromatic nitrogens is 2. The minimum Gasteiger partial charge on any atom is -0.497 e. The highest BCUT2D eigenvalue weighted by molar-refractivity contribution is 5.74. The molecule has 0 spiro atoms. The van der Waals surface area contributed by atoms with Gasteiger partial charge in [-0.2, -0.15) is 5.10 Å². The predicted molar refractivity (Wildman–Crippen MR) is 122 cm³/mol. The number of benzene rings is 3. The van der Waals surface area contributed by atoms with Gasteiger partial charge < -0.3 is 10.1 Å². The highest BCUT2D eigenvalue weighted by atomic mass is 16.5. The Labute approximate surface area is 177 Å². The summed E-state index contributed by atoms with van der Waals surface area (Å²) in [6, 6.07) is 27.3. The monoisotopic (exact) mass is 395 g/mol. The number of nitrogens with one attached hydrogen (secondary N) is 1. The van der Waals surface area contributed by atoms with Crippen LogP contribution >= 0.6 is 0 Å². The molecule has 4 nitrogen and oxygen atoms in total. The molecule has 0 bridgehead atoms. The third-order valence-corrected chi connectivity index (χ3v) is 5.71. The maximum Gasteiger partial charge on any atom is 0.133 e. The van der Waals surface area contributed by atoms with Crippen LogP contribution in [0, 0.1) is 0 Å². The Morgan fingerprint density at radius 1 is 0.800 bits per heavy atom.